The topological polar surface area (TPSA) is 64.4 Å². The summed E-state index contributed by atoms with van der Waals surface area (Å²) in [5, 5.41) is 6.32. The summed E-state index contributed by atoms with van der Waals surface area (Å²) in [5.74, 6) is 0.513. The van der Waals surface area contributed by atoms with Crippen molar-refractivity contribution in [3.05, 3.63) is 70.4 Å². The van der Waals surface area contributed by atoms with Gasteiger partial charge in [-0.05, 0) is 51.8 Å². The quantitative estimate of drug-likeness (QED) is 0.326. The highest BCUT2D eigenvalue weighted by Gasteiger charge is 2.19. The Labute approximate surface area is 191 Å². The van der Waals surface area contributed by atoms with Crippen LogP contribution in [0.25, 0.3) is 27.7 Å². The number of carbonyl (C=O) groups is 1. The highest BCUT2D eigenvalue weighted by Crippen LogP contribution is 2.40. The van der Waals surface area contributed by atoms with Gasteiger partial charge in [0.1, 0.15) is 11.3 Å². The summed E-state index contributed by atoms with van der Waals surface area (Å²) in [5.41, 5.74) is 7.58. The maximum Gasteiger partial charge on any atom is 0.250 e. The first-order valence-electron chi connectivity index (χ1n) is 10.5. The van der Waals surface area contributed by atoms with Gasteiger partial charge in [-0.2, -0.15) is 0 Å². The van der Waals surface area contributed by atoms with E-state index in [1.807, 2.05) is 33.1 Å². The number of hydrogen-bond donors (Lipinski definition) is 1. The van der Waals surface area contributed by atoms with Crippen molar-refractivity contribution in [2.24, 2.45) is 0 Å². The van der Waals surface area contributed by atoms with Crippen LogP contribution in [0.4, 0.5) is 5.13 Å². The minimum absolute atomic E-state index is 0.219. The lowest BCUT2D eigenvalue weighted by molar-refractivity contribution is -0.111. The number of ether oxygens (including phenoxy) is 1. The Balaban J connectivity index is 1.79. The lowest BCUT2D eigenvalue weighted by Crippen LogP contribution is -2.08. The zero-order valence-corrected chi connectivity index (χ0v) is 19.7. The van der Waals surface area contributed by atoms with E-state index >= 15 is 0 Å². The number of nitrogens with one attached hydrogen (secondary N) is 1. The number of aryl methyl sites for hydroxylation is 3. The van der Waals surface area contributed by atoms with E-state index in [-0.39, 0.29) is 5.91 Å². The van der Waals surface area contributed by atoms with Crippen LogP contribution in [0.5, 0.6) is 5.75 Å². The summed E-state index contributed by atoms with van der Waals surface area (Å²) in [4.78, 5) is 16.9. The van der Waals surface area contributed by atoms with Crippen LogP contribution in [0.15, 0.2) is 52.5 Å². The molecule has 0 spiro atoms. The predicted molar refractivity (Wildman–Crippen MR) is 131 cm³/mol. The number of anilines is 1. The van der Waals surface area contributed by atoms with Crippen molar-refractivity contribution in [2.45, 2.75) is 34.6 Å². The smallest absolute Gasteiger partial charge is 0.250 e. The van der Waals surface area contributed by atoms with Gasteiger partial charge in [-0.25, -0.2) is 4.98 Å². The van der Waals surface area contributed by atoms with Crippen LogP contribution >= 0.6 is 11.3 Å². The number of aromatic nitrogens is 1. The van der Waals surface area contributed by atoms with Crippen LogP contribution in [0.2, 0.25) is 0 Å². The molecule has 0 radical (unpaired) electrons. The van der Waals surface area contributed by atoms with E-state index in [1.165, 1.54) is 16.9 Å². The lowest BCUT2D eigenvalue weighted by Gasteiger charge is -2.15. The Morgan fingerprint density at radius 2 is 1.97 bits per heavy atom. The Kier molecular flexibility index (Phi) is 6.15. The summed E-state index contributed by atoms with van der Waals surface area (Å²) < 4.78 is 12.0. The van der Waals surface area contributed by atoms with Gasteiger partial charge in [-0.15, -0.1) is 11.3 Å². The van der Waals surface area contributed by atoms with E-state index in [4.69, 9.17) is 9.15 Å². The number of nitrogens with zero attached hydrogens (tertiary/aromatic N) is 1. The Hall–Kier alpha value is -3.38. The van der Waals surface area contributed by atoms with Gasteiger partial charge < -0.3 is 9.15 Å². The fourth-order valence-corrected chi connectivity index (χ4v) is 4.41. The second kappa shape index (κ2) is 9.01. The minimum Gasteiger partial charge on any atom is -0.493 e. The van der Waals surface area contributed by atoms with Crippen LogP contribution in [-0.2, 0) is 4.79 Å². The summed E-state index contributed by atoms with van der Waals surface area (Å²) in [6.07, 6.45) is 3.38. The second-order valence-electron chi connectivity index (χ2n) is 7.81. The molecule has 2 aromatic heterocycles. The molecule has 2 aromatic carbocycles. The number of thiazole rings is 1. The van der Waals surface area contributed by atoms with Gasteiger partial charge >= 0.3 is 0 Å². The van der Waals surface area contributed by atoms with Gasteiger partial charge in [0.2, 0.25) is 5.91 Å². The van der Waals surface area contributed by atoms with E-state index in [2.05, 4.69) is 47.6 Å². The maximum absolute atomic E-state index is 12.6. The largest absolute Gasteiger partial charge is 0.493 e. The molecule has 0 atom stereocenters. The Bertz CT molecular complexity index is 1310. The van der Waals surface area contributed by atoms with E-state index in [0.717, 1.165) is 50.2 Å². The molecule has 0 aliphatic heterocycles. The van der Waals surface area contributed by atoms with Crippen LogP contribution in [0.1, 0.15) is 36.2 Å². The molecule has 6 heteroatoms. The molecule has 164 valence electrons. The van der Waals surface area contributed by atoms with Crippen molar-refractivity contribution in [1.29, 1.82) is 0 Å². The maximum atomic E-state index is 12.6. The molecule has 4 rings (SSSR count). The first-order chi connectivity index (χ1) is 15.4. The van der Waals surface area contributed by atoms with Gasteiger partial charge in [0.15, 0.2) is 5.13 Å². The molecule has 0 saturated heterocycles. The van der Waals surface area contributed by atoms with Crippen LogP contribution in [0, 0.1) is 20.8 Å². The van der Waals surface area contributed by atoms with Gasteiger partial charge in [0, 0.05) is 33.5 Å². The van der Waals surface area contributed by atoms with E-state index in [0.29, 0.717) is 11.7 Å². The van der Waals surface area contributed by atoms with Crippen molar-refractivity contribution in [3.63, 3.8) is 0 Å². The zero-order chi connectivity index (χ0) is 22.8. The summed E-state index contributed by atoms with van der Waals surface area (Å²) in [6, 6.07) is 10.4. The molecule has 4 aromatic rings. The molecule has 0 saturated carbocycles. The van der Waals surface area contributed by atoms with Crippen molar-refractivity contribution >= 4 is 38.9 Å². The summed E-state index contributed by atoms with van der Waals surface area (Å²) in [7, 11) is 0. The number of benzene rings is 2. The van der Waals surface area contributed by atoms with Crippen molar-refractivity contribution < 1.29 is 13.9 Å². The standard InChI is InChI=1S/C26H26N2O3S/c1-6-30-24-18(5)25-21(22(13-31-25)19-9-7-15(2)8-10-19)12-20(24)16(3)11-23(29)28-26-27-17(4)14-32-26/h7-14H,6H2,1-5H3,(H,27,28,29)/b16-11+. The van der Waals surface area contributed by atoms with E-state index in [1.54, 1.807) is 12.3 Å². The highest BCUT2D eigenvalue weighted by atomic mass is 32.1. The highest BCUT2D eigenvalue weighted by molar-refractivity contribution is 7.13. The fraction of sp³-hybridized carbons (Fsp3) is 0.231. The monoisotopic (exact) mass is 446 g/mol. The Morgan fingerprint density at radius 3 is 2.62 bits per heavy atom. The van der Waals surface area contributed by atoms with Crippen molar-refractivity contribution in [2.75, 3.05) is 11.9 Å². The third kappa shape index (κ3) is 4.32. The third-order valence-corrected chi connectivity index (χ3v) is 6.19. The molecule has 32 heavy (non-hydrogen) atoms. The van der Waals surface area contributed by atoms with Crippen LogP contribution in [-0.4, -0.2) is 17.5 Å². The average Bonchev–Trinajstić information content (AvgIpc) is 3.36. The average molecular weight is 447 g/mol. The molecule has 0 unspecified atom stereocenters. The number of hydrogen-bond acceptors (Lipinski definition) is 5. The normalized spacial score (nSPS) is 11.7. The molecule has 0 fully saturated rings. The number of amides is 1. The number of rotatable bonds is 6. The van der Waals surface area contributed by atoms with E-state index in [9.17, 15) is 4.79 Å². The third-order valence-electron chi connectivity index (χ3n) is 5.32. The molecule has 1 amide bonds. The predicted octanol–water partition coefficient (Wildman–Crippen LogP) is 6.92. The first-order valence-corrected chi connectivity index (χ1v) is 11.4. The second-order valence-corrected chi connectivity index (χ2v) is 8.67. The van der Waals surface area contributed by atoms with Gasteiger partial charge in [-0.3, -0.25) is 10.1 Å². The zero-order valence-electron chi connectivity index (χ0n) is 18.9. The number of fused-ring (bicyclic) bond motifs is 1. The van der Waals surface area contributed by atoms with Crippen molar-refractivity contribution in [1.82, 2.24) is 4.98 Å². The first kappa shape index (κ1) is 21.8. The molecular weight excluding hydrogens is 420 g/mol. The summed E-state index contributed by atoms with van der Waals surface area (Å²) >= 11 is 1.41. The molecule has 5 nitrogen and oxygen atoms in total. The Morgan fingerprint density at radius 1 is 1.22 bits per heavy atom. The van der Waals surface area contributed by atoms with Gasteiger partial charge in [0.05, 0.1) is 18.6 Å². The molecule has 0 aliphatic rings. The SMILES string of the molecule is CCOc1c(/C(C)=C/C(=O)Nc2nc(C)cs2)cc2c(-c3ccc(C)cc3)coc2c1C. The van der Waals surface area contributed by atoms with Gasteiger partial charge in [-0.1, -0.05) is 29.8 Å². The fourth-order valence-electron chi connectivity index (χ4n) is 3.72. The van der Waals surface area contributed by atoms with Gasteiger partial charge in [0.25, 0.3) is 0 Å². The molecule has 2 heterocycles. The lowest BCUT2D eigenvalue weighted by atomic mass is 9.96. The molecule has 1 N–H and O–H groups in total. The van der Waals surface area contributed by atoms with E-state index < -0.39 is 0 Å². The summed E-state index contributed by atoms with van der Waals surface area (Å²) in [6.45, 7) is 10.3. The van der Waals surface area contributed by atoms with Crippen LogP contribution < -0.4 is 10.1 Å². The number of furan rings is 1. The molecule has 0 aliphatic carbocycles. The molecule has 0 bridgehead atoms. The number of allylic oxidation sites excluding steroid dienone is 1. The van der Waals surface area contributed by atoms with Crippen molar-refractivity contribution in [3.8, 4) is 16.9 Å². The van der Waals surface area contributed by atoms with Crippen LogP contribution in [0.3, 0.4) is 0 Å². The minimum atomic E-state index is -0.219. The number of carbonyl (C=O) groups excluding carboxylic acids is 1. The molecular formula is C26H26N2O3S.